The van der Waals surface area contributed by atoms with Crippen molar-refractivity contribution in [1.82, 2.24) is 0 Å². The van der Waals surface area contributed by atoms with Crippen molar-refractivity contribution in [2.75, 3.05) is 0 Å². The summed E-state index contributed by atoms with van der Waals surface area (Å²) in [5, 5.41) is 0. The van der Waals surface area contributed by atoms with Gasteiger partial charge in [0.05, 0.1) is 5.56 Å². The molecule has 1 aromatic rings. The summed E-state index contributed by atoms with van der Waals surface area (Å²) in [4.78, 5) is 24.1. The number of allylic oxidation sites excluding steroid dienone is 2. The van der Waals surface area contributed by atoms with Gasteiger partial charge in [-0.1, -0.05) is 13.0 Å². The van der Waals surface area contributed by atoms with Crippen molar-refractivity contribution in [3.8, 4) is 5.75 Å². The zero-order valence-electron chi connectivity index (χ0n) is 11.1. The first-order valence-electron chi connectivity index (χ1n) is 6.32. The zero-order chi connectivity index (χ0) is 13.7. The highest BCUT2D eigenvalue weighted by Crippen LogP contribution is 2.44. The van der Waals surface area contributed by atoms with Gasteiger partial charge in [0.15, 0.2) is 11.5 Å². The standard InChI is InChI=1S/C15H14O4/c1-4-10-8-5-6-9-12(16)13(7(2)3)19-14(9)11(8)15(17)18-10/h5-6,10H,4H2,1-3H3/t10-/m1/s1. The maximum absolute atomic E-state index is 12.2. The second kappa shape index (κ2) is 3.95. The number of hydrogen-bond donors (Lipinski definition) is 0. The molecule has 4 nitrogen and oxygen atoms in total. The van der Waals surface area contributed by atoms with Crippen LogP contribution in [0.1, 0.15) is 59.6 Å². The maximum atomic E-state index is 12.2. The Morgan fingerprint density at radius 2 is 2.00 bits per heavy atom. The van der Waals surface area contributed by atoms with Gasteiger partial charge in [0.2, 0.25) is 5.78 Å². The fraction of sp³-hybridized carbons (Fsp3) is 0.333. The van der Waals surface area contributed by atoms with Crippen LogP contribution in [0.25, 0.3) is 0 Å². The molecule has 0 aromatic heterocycles. The van der Waals surface area contributed by atoms with E-state index in [1.165, 1.54) is 0 Å². The summed E-state index contributed by atoms with van der Waals surface area (Å²) in [5.74, 6) is 0.114. The molecule has 4 heteroatoms. The Kier molecular flexibility index (Phi) is 2.49. The minimum atomic E-state index is -0.401. The van der Waals surface area contributed by atoms with Crippen LogP contribution in [0.15, 0.2) is 23.5 Å². The monoisotopic (exact) mass is 258 g/mol. The van der Waals surface area contributed by atoms with Gasteiger partial charge in [-0.3, -0.25) is 4.79 Å². The summed E-state index contributed by atoms with van der Waals surface area (Å²) >= 11 is 0. The molecule has 0 saturated carbocycles. The van der Waals surface area contributed by atoms with Crippen LogP contribution in [0.4, 0.5) is 0 Å². The number of Topliss-reactive ketones (excluding diaryl/α,β-unsaturated/α-hetero) is 1. The summed E-state index contributed by atoms with van der Waals surface area (Å²) in [6, 6.07) is 3.51. The lowest BCUT2D eigenvalue weighted by Gasteiger charge is -2.06. The first-order chi connectivity index (χ1) is 9.04. The van der Waals surface area contributed by atoms with E-state index in [0.717, 1.165) is 11.1 Å². The summed E-state index contributed by atoms with van der Waals surface area (Å²) in [5.41, 5.74) is 2.47. The molecule has 98 valence electrons. The Labute approximate surface area is 111 Å². The van der Waals surface area contributed by atoms with Gasteiger partial charge in [-0.2, -0.15) is 0 Å². The van der Waals surface area contributed by atoms with Gasteiger partial charge in [-0.05, 0) is 31.9 Å². The Morgan fingerprint density at radius 3 is 2.63 bits per heavy atom. The molecule has 3 rings (SSSR count). The van der Waals surface area contributed by atoms with Crippen LogP contribution >= 0.6 is 0 Å². The number of rotatable bonds is 1. The Balaban J connectivity index is 2.21. The van der Waals surface area contributed by atoms with Gasteiger partial charge in [0, 0.05) is 5.56 Å². The van der Waals surface area contributed by atoms with E-state index in [-0.39, 0.29) is 11.9 Å². The first kappa shape index (κ1) is 12.0. The predicted molar refractivity (Wildman–Crippen MR) is 68.2 cm³/mol. The third kappa shape index (κ3) is 1.52. The molecule has 0 bridgehead atoms. The van der Waals surface area contributed by atoms with Crippen LogP contribution in [-0.2, 0) is 4.74 Å². The van der Waals surface area contributed by atoms with Crippen LogP contribution in [0, 0.1) is 0 Å². The minimum Gasteiger partial charge on any atom is -0.454 e. The van der Waals surface area contributed by atoms with Gasteiger partial charge >= 0.3 is 5.97 Å². The van der Waals surface area contributed by atoms with Gasteiger partial charge < -0.3 is 9.47 Å². The molecule has 19 heavy (non-hydrogen) atoms. The quantitative estimate of drug-likeness (QED) is 0.573. The van der Waals surface area contributed by atoms with Crippen molar-refractivity contribution >= 4 is 11.8 Å². The fourth-order valence-electron chi connectivity index (χ4n) is 2.52. The summed E-state index contributed by atoms with van der Waals surface area (Å²) < 4.78 is 10.9. The van der Waals surface area contributed by atoms with Gasteiger partial charge in [-0.15, -0.1) is 0 Å². The molecule has 0 aliphatic carbocycles. The Morgan fingerprint density at radius 1 is 1.26 bits per heavy atom. The number of esters is 1. The predicted octanol–water partition coefficient (Wildman–Crippen LogP) is 3.18. The molecular weight excluding hydrogens is 244 g/mol. The van der Waals surface area contributed by atoms with Gasteiger partial charge in [0.1, 0.15) is 11.7 Å². The zero-order valence-corrected chi connectivity index (χ0v) is 11.1. The Hall–Kier alpha value is -2.10. The van der Waals surface area contributed by atoms with Crippen molar-refractivity contribution in [2.24, 2.45) is 0 Å². The Bertz CT molecular complexity index is 636. The lowest BCUT2D eigenvalue weighted by Crippen LogP contribution is -2.00. The second-order valence-electron chi connectivity index (χ2n) is 4.97. The number of carbonyl (C=O) groups is 2. The molecule has 0 spiro atoms. The van der Waals surface area contributed by atoms with E-state index in [4.69, 9.17) is 9.47 Å². The van der Waals surface area contributed by atoms with Crippen molar-refractivity contribution in [2.45, 2.75) is 33.3 Å². The number of ether oxygens (including phenoxy) is 2. The number of hydrogen-bond acceptors (Lipinski definition) is 4. The molecule has 0 unspecified atom stereocenters. The third-order valence-electron chi connectivity index (χ3n) is 3.47. The molecule has 0 saturated heterocycles. The van der Waals surface area contributed by atoms with Crippen molar-refractivity contribution in [1.29, 1.82) is 0 Å². The largest absolute Gasteiger partial charge is 0.454 e. The molecule has 2 heterocycles. The molecule has 0 amide bonds. The highest BCUT2D eigenvalue weighted by molar-refractivity contribution is 6.15. The smallest absolute Gasteiger partial charge is 0.343 e. The molecule has 0 fully saturated rings. The van der Waals surface area contributed by atoms with E-state index >= 15 is 0 Å². The SMILES string of the molecule is CC[C@H]1OC(=O)c2c1ccc1c2OC(=C(C)C)C1=O. The van der Waals surface area contributed by atoms with Crippen LogP contribution in [0.3, 0.4) is 0 Å². The lowest BCUT2D eigenvalue weighted by molar-refractivity contribution is 0.0377. The number of fused-ring (bicyclic) bond motifs is 3. The topological polar surface area (TPSA) is 52.6 Å². The van der Waals surface area contributed by atoms with E-state index in [2.05, 4.69) is 0 Å². The van der Waals surface area contributed by atoms with Crippen molar-refractivity contribution in [3.63, 3.8) is 0 Å². The van der Waals surface area contributed by atoms with Crippen molar-refractivity contribution in [3.05, 3.63) is 40.2 Å². The maximum Gasteiger partial charge on any atom is 0.343 e. The average Bonchev–Trinajstić information content (AvgIpc) is 2.88. The number of benzene rings is 1. The summed E-state index contributed by atoms with van der Waals surface area (Å²) in [7, 11) is 0. The third-order valence-corrected chi connectivity index (χ3v) is 3.47. The summed E-state index contributed by atoms with van der Waals surface area (Å²) in [6.07, 6.45) is 0.475. The van der Waals surface area contributed by atoms with E-state index in [9.17, 15) is 9.59 Å². The minimum absolute atomic E-state index is 0.162. The first-order valence-corrected chi connectivity index (χ1v) is 6.32. The number of cyclic esters (lactones) is 1. The molecule has 1 aromatic carbocycles. The molecule has 2 aliphatic rings. The molecule has 0 radical (unpaired) electrons. The molecule has 1 atom stereocenters. The van der Waals surface area contributed by atoms with Crippen LogP contribution in [-0.4, -0.2) is 11.8 Å². The van der Waals surface area contributed by atoms with E-state index in [1.807, 2.05) is 20.8 Å². The number of carbonyl (C=O) groups excluding carboxylic acids is 2. The normalized spacial score (nSPS) is 19.9. The number of ketones is 1. The van der Waals surface area contributed by atoms with Crippen molar-refractivity contribution < 1.29 is 19.1 Å². The van der Waals surface area contributed by atoms with E-state index in [0.29, 0.717) is 29.1 Å². The van der Waals surface area contributed by atoms with Crippen LogP contribution in [0.5, 0.6) is 5.75 Å². The lowest BCUT2D eigenvalue weighted by atomic mass is 9.98. The van der Waals surface area contributed by atoms with E-state index in [1.54, 1.807) is 12.1 Å². The fourth-order valence-corrected chi connectivity index (χ4v) is 2.52. The molecule has 2 aliphatic heterocycles. The van der Waals surface area contributed by atoms with Crippen LogP contribution in [0.2, 0.25) is 0 Å². The van der Waals surface area contributed by atoms with Gasteiger partial charge in [-0.25, -0.2) is 4.79 Å². The van der Waals surface area contributed by atoms with Crippen LogP contribution < -0.4 is 4.74 Å². The second-order valence-corrected chi connectivity index (χ2v) is 4.97. The average molecular weight is 258 g/mol. The molecular formula is C15H14O4. The highest BCUT2D eigenvalue weighted by atomic mass is 16.6. The summed E-state index contributed by atoms with van der Waals surface area (Å²) in [6.45, 7) is 5.58. The molecule has 0 N–H and O–H groups in total. The van der Waals surface area contributed by atoms with E-state index < -0.39 is 5.97 Å². The highest BCUT2D eigenvalue weighted by Gasteiger charge is 2.40. The van der Waals surface area contributed by atoms with Gasteiger partial charge in [0.25, 0.3) is 0 Å².